The van der Waals surface area contributed by atoms with Crippen LogP contribution in [0.1, 0.15) is 28.5 Å². The van der Waals surface area contributed by atoms with Crippen molar-refractivity contribution in [3.8, 4) is 11.3 Å². The van der Waals surface area contributed by atoms with Gasteiger partial charge in [-0.3, -0.25) is 14.9 Å². The molecule has 0 fully saturated rings. The van der Waals surface area contributed by atoms with E-state index >= 15 is 0 Å². The minimum absolute atomic E-state index is 0.164. The summed E-state index contributed by atoms with van der Waals surface area (Å²) in [5.41, 5.74) is 4.82. The number of nitrogens with one attached hydrogen (secondary N) is 2. The van der Waals surface area contributed by atoms with E-state index in [0.717, 1.165) is 34.3 Å². The molecule has 7 heteroatoms. The van der Waals surface area contributed by atoms with E-state index in [9.17, 15) is 4.79 Å². The van der Waals surface area contributed by atoms with E-state index in [1.807, 2.05) is 30.3 Å². The summed E-state index contributed by atoms with van der Waals surface area (Å²) in [4.78, 5) is 17.1. The second-order valence-electron chi connectivity index (χ2n) is 6.13. The van der Waals surface area contributed by atoms with Crippen LogP contribution in [-0.4, -0.2) is 31.3 Å². The molecule has 0 radical (unpaired) electrons. The molecule has 3 heterocycles. The SMILES string of the molecule is CCc1ccc(CNC(=O)c2cccc3c(-c4ccnnc4)n[nH]c23)cn1. The highest BCUT2D eigenvalue weighted by Crippen LogP contribution is 2.27. The molecular formula is C20H18N6O. The summed E-state index contributed by atoms with van der Waals surface area (Å²) in [6.45, 7) is 2.48. The summed E-state index contributed by atoms with van der Waals surface area (Å²) >= 11 is 0. The van der Waals surface area contributed by atoms with Gasteiger partial charge in [0.2, 0.25) is 0 Å². The van der Waals surface area contributed by atoms with Gasteiger partial charge in [0.1, 0.15) is 5.69 Å². The first kappa shape index (κ1) is 16.8. The van der Waals surface area contributed by atoms with Crippen molar-refractivity contribution in [2.24, 2.45) is 0 Å². The third kappa shape index (κ3) is 3.39. The summed E-state index contributed by atoms with van der Waals surface area (Å²) in [6.07, 6.45) is 5.95. The molecule has 0 aliphatic heterocycles. The first-order valence-electron chi connectivity index (χ1n) is 8.72. The molecule has 0 spiro atoms. The lowest BCUT2D eigenvalue weighted by Crippen LogP contribution is -2.23. The van der Waals surface area contributed by atoms with Crippen molar-refractivity contribution in [3.63, 3.8) is 0 Å². The summed E-state index contributed by atoms with van der Waals surface area (Å²) in [5, 5.41) is 18.8. The number of nitrogens with zero attached hydrogens (tertiary/aromatic N) is 4. The predicted octanol–water partition coefficient (Wildman–Crippen LogP) is 2.91. The van der Waals surface area contributed by atoms with Crippen molar-refractivity contribution in [2.45, 2.75) is 19.9 Å². The van der Waals surface area contributed by atoms with Crippen molar-refractivity contribution in [3.05, 3.63) is 71.8 Å². The minimum atomic E-state index is -0.164. The van der Waals surface area contributed by atoms with Crippen LogP contribution in [0.3, 0.4) is 0 Å². The molecule has 134 valence electrons. The van der Waals surface area contributed by atoms with Crippen molar-refractivity contribution in [1.29, 1.82) is 0 Å². The Morgan fingerprint density at radius 2 is 2.04 bits per heavy atom. The van der Waals surface area contributed by atoms with Gasteiger partial charge in [-0.25, -0.2) is 0 Å². The maximum absolute atomic E-state index is 12.7. The number of para-hydroxylation sites is 1. The van der Waals surface area contributed by atoms with Gasteiger partial charge < -0.3 is 5.32 Å². The Balaban J connectivity index is 1.58. The van der Waals surface area contributed by atoms with Crippen LogP contribution in [0.2, 0.25) is 0 Å². The van der Waals surface area contributed by atoms with E-state index in [2.05, 4.69) is 37.6 Å². The standard InChI is InChI=1S/C20H18N6O/c1-2-15-7-6-13(10-21-15)11-22-20(27)17-5-3-4-16-18(25-26-19(16)17)14-8-9-23-24-12-14/h3-10,12H,2,11H2,1H3,(H,22,27)(H,25,26). The zero-order chi connectivity index (χ0) is 18.6. The molecule has 1 amide bonds. The maximum Gasteiger partial charge on any atom is 0.253 e. The number of fused-ring (bicyclic) bond motifs is 1. The molecule has 0 atom stereocenters. The van der Waals surface area contributed by atoms with Gasteiger partial charge in [-0.15, -0.1) is 0 Å². The lowest BCUT2D eigenvalue weighted by molar-refractivity contribution is 0.0952. The molecule has 0 aliphatic carbocycles. The zero-order valence-corrected chi connectivity index (χ0v) is 14.8. The minimum Gasteiger partial charge on any atom is -0.348 e. The lowest BCUT2D eigenvalue weighted by atomic mass is 10.1. The van der Waals surface area contributed by atoms with Gasteiger partial charge in [0, 0.05) is 29.4 Å². The third-order valence-electron chi connectivity index (χ3n) is 4.40. The molecule has 0 aliphatic rings. The zero-order valence-electron chi connectivity index (χ0n) is 14.8. The van der Waals surface area contributed by atoms with Crippen molar-refractivity contribution < 1.29 is 4.79 Å². The molecule has 0 unspecified atom stereocenters. The highest BCUT2D eigenvalue weighted by molar-refractivity contribution is 6.08. The number of hydrogen-bond donors (Lipinski definition) is 2. The van der Waals surface area contributed by atoms with Gasteiger partial charge in [0.05, 0.1) is 23.5 Å². The van der Waals surface area contributed by atoms with Crippen LogP contribution >= 0.6 is 0 Å². The van der Waals surface area contributed by atoms with Gasteiger partial charge in [0.15, 0.2) is 0 Å². The highest BCUT2D eigenvalue weighted by Gasteiger charge is 2.15. The van der Waals surface area contributed by atoms with Crippen LogP contribution < -0.4 is 5.32 Å². The van der Waals surface area contributed by atoms with Crippen LogP contribution in [0.25, 0.3) is 22.2 Å². The number of H-pyrrole nitrogens is 1. The summed E-state index contributed by atoms with van der Waals surface area (Å²) in [7, 11) is 0. The molecule has 4 rings (SSSR count). The number of aromatic amines is 1. The Morgan fingerprint density at radius 1 is 1.11 bits per heavy atom. The second-order valence-corrected chi connectivity index (χ2v) is 6.13. The Bertz CT molecular complexity index is 1070. The Morgan fingerprint density at radius 3 is 2.78 bits per heavy atom. The summed E-state index contributed by atoms with van der Waals surface area (Å²) in [6, 6.07) is 11.4. The van der Waals surface area contributed by atoms with E-state index in [0.29, 0.717) is 17.6 Å². The van der Waals surface area contributed by atoms with Crippen molar-refractivity contribution in [1.82, 2.24) is 30.7 Å². The van der Waals surface area contributed by atoms with Gasteiger partial charge in [0.25, 0.3) is 5.91 Å². The monoisotopic (exact) mass is 358 g/mol. The average Bonchev–Trinajstić information content (AvgIpc) is 3.17. The first-order chi connectivity index (χ1) is 13.3. The Labute approximate surface area is 155 Å². The van der Waals surface area contributed by atoms with E-state index in [1.165, 1.54) is 0 Å². The van der Waals surface area contributed by atoms with Crippen LogP contribution in [0.15, 0.2) is 55.0 Å². The smallest absolute Gasteiger partial charge is 0.253 e. The van der Waals surface area contributed by atoms with Crippen LogP contribution in [0.5, 0.6) is 0 Å². The number of carbonyl (C=O) groups excluding carboxylic acids is 1. The fourth-order valence-corrected chi connectivity index (χ4v) is 2.93. The number of benzene rings is 1. The largest absolute Gasteiger partial charge is 0.348 e. The van der Waals surface area contributed by atoms with Gasteiger partial charge in [-0.2, -0.15) is 15.3 Å². The van der Waals surface area contributed by atoms with Gasteiger partial charge >= 0.3 is 0 Å². The maximum atomic E-state index is 12.7. The van der Waals surface area contributed by atoms with Crippen LogP contribution in [0.4, 0.5) is 0 Å². The molecule has 2 N–H and O–H groups in total. The Hall–Kier alpha value is -3.61. The topological polar surface area (TPSA) is 96.5 Å². The van der Waals surface area contributed by atoms with E-state index in [-0.39, 0.29) is 5.91 Å². The van der Waals surface area contributed by atoms with E-state index in [4.69, 9.17) is 0 Å². The number of aromatic nitrogens is 5. The number of aryl methyl sites for hydroxylation is 1. The summed E-state index contributed by atoms with van der Waals surface area (Å²) in [5.74, 6) is -0.164. The summed E-state index contributed by atoms with van der Waals surface area (Å²) < 4.78 is 0. The number of pyridine rings is 1. The van der Waals surface area contributed by atoms with Crippen molar-refractivity contribution >= 4 is 16.8 Å². The normalized spacial score (nSPS) is 10.9. The van der Waals surface area contributed by atoms with E-state index < -0.39 is 0 Å². The van der Waals surface area contributed by atoms with Crippen molar-refractivity contribution in [2.75, 3.05) is 0 Å². The van der Waals surface area contributed by atoms with Crippen LogP contribution in [-0.2, 0) is 13.0 Å². The predicted molar refractivity (Wildman–Crippen MR) is 102 cm³/mol. The fourth-order valence-electron chi connectivity index (χ4n) is 2.93. The number of carbonyl (C=O) groups is 1. The molecule has 1 aromatic carbocycles. The molecular weight excluding hydrogens is 340 g/mol. The molecule has 27 heavy (non-hydrogen) atoms. The molecule has 0 saturated carbocycles. The number of amides is 1. The number of rotatable bonds is 5. The van der Waals surface area contributed by atoms with E-state index in [1.54, 1.807) is 24.7 Å². The fraction of sp³-hybridized carbons (Fsp3) is 0.150. The second kappa shape index (κ2) is 7.33. The highest BCUT2D eigenvalue weighted by atomic mass is 16.1. The first-order valence-corrected chi connectivity index (χ1v) is 8.72. The Kier molecular flexibility index (Phi) is 4.57. The third-order valence-corrected chi connectivity index (χ3v) is 4.40. The molecule has 3 aromatic heterocycles. The molecule has 0 bridgehead atoms. The number of hydrogen-bond acceptors (Lipinski definition) is 5. The van der Waals surface area contributed by atoms with Gasteiger partial charge in [-0.1, -0.05) is 25.1 Å². The molecule has 0 saturated heterocycles. The lowest BCUT2D eigenvalue weighted by Gasteiger charge is -2.07. The van der Waals surface area contributed by atoms with Crippen LogP contribution in [0, 0.1) is 0 Å². The molecule has 4 aromatic rings. The molecule has 7 nitrogen and oxygen atoms in total. The quantitative estimate of drug-likeness (QED) is 0.572. The average molecular weight is 358 g/mol. The van der Waals surface area contributed by atoms with Gasteiger partial charge in [-0.05, 0) is 30.2 Å².